The van der Waals surface area contributed by atoms with Gasteiger partial charge < -0.3 is 10.5 Å². The Morgan fingerprint density at radius 1 is 1.41 bits per heavy atom. The van der Waals surface area contributed by atoms with E-state index in [0.717, 1.165) is 0 Å². The van der Waals surface area contributed by atoms with Crippen molar-refractivity contribution in [3.05, 3.63) is 28.8 Å². The van der Waals surface area contributed by atoms with Crippen molar-refractivity contribution in [3.63, 3.8) is 0 Å². The fourth-order valence-electron chi connectivity index (χ4n) is 1.38. The Morgan fingerprint density at radius 3 is 2.47 bits per heavy atom. The zero-order valence-corrected chi connectivity index (χ0v) is 10.5. The Balaban J connectivity index is 3.15. The SMILES string of the molecule is Cc1cc(N)c(C#N)cc1C(=O)OC(C)(C)C. The van der Waals surface area contributed by atoms with Crippen LogP contribution >= 0.6 is 0 Å². The van der Waals surface area contributed by atoms with E-state index in [-0.39, 0.29) is 5.56 Å². The van der Waals surface area contributed by atoms with Crippen LogP contribution in [0.4, 0.5) is 5.69 Å². The lowest BCUT2D eigenvalue weighted by molar-refractivity contribution is 0.00688. The van der Waals surface area contributed by atoms with E-state index in [4.69, 9.17) is 15.7 Å². The maximum Gasteiger partial charge on any atom is 0.338 e. The van der Waals surface area contributed by atoms with Crippen LogP contribution in [0.3, 0.4) is 0 Å². The number of nitriles is 1. The number of benzene rings is 1. The van der Waals surface area contributed by atoms with Crippen LogP contribution in [0.1, 0.15) is 42.3 Å². The van der Waals surface area contributed by atoms with E-state index in [9.17, 15) is 4.79 Å². The monoisotopic (exact) mass is 232 g/mol. The van der Waals surface area contributed by atoms with Crippen molar-refractivity contribution in [3.8, 4) is 6.07 Å². The number of nitrogens with two attached hydrogens (primary N) is 1. The molecule has 0 heterocycles. The van der Waals surface area contributed by atoms with Gasteiger partial charge in [-0.1, -0.05) is 0 Å². The van der Waals surface area contributed by atoms with Gasteiger partial charge in [0.25, 0.3) is 0 Å². The number of aryl methyl sites for hydroxylation is 1. The number of hydrogen-bond donors (Lipinski definition) is 1. The molecule has 0 saturated carbocycles. The lowest BCUT2D eigenvalue weighted by Crippen LogP contribution is -2.24. The maximum absolute atomic E-state index is 11.9. The van der Waals surface area contributed by atoms with Crippen LogP contribution < -0.4 is 5.73 Å². The predicted molar refractivity (Wildman–Crippen MR) is 65.5 cm³/mol. The quantitative estimate of drug-likeness (QED) is 0.596. The average molecular weight is 232 g/mol. The third-order valence-corrected chi connectivity index (χ3v) is 2.14. The summed E-state index contributed by atoms with van der Waals surface area (Å²) in [5, 5.41) is 8.87. The lowest BCUT2D eigenvalue weighted by Gasteiger charge is -2.20. The molecular formula is C13H16N2O2. The first-order valence-corrected chi connectivity index (χ1v) is 5.28. The van der Waals surface area contributed by atoms with E-state index in [1.54, 1.807) is 33.8 Å². The standard InChI is InChI=1S/C13H16N2O2/c1-8-5-11(15)9(7-14)6-10(8)12(16)17-13(2,3)4/h5-6H,15H2,1-4H3. The van der Waals surface area contributed by atoms with Gasteiger partial charge in [0.15, 0.2) is 0 Å². The smallest absolute Gasteiger partial charge is 0.338 e. The van der Waals surface area contributed by atoms with Gasteiger partial charge in [-0.2, -0.15) is 5.26 Å². The second-order valence-electron chi connectivity index (χ2n) is 4.87. The van der Waals surface area contributed by atoms with Gasteiger partial charge in [0, 0.05) is 5.69 Å². The molecule has 0 aliphatic carbocycles. The maximum atomic E-state index is 11.9. The van der Waals surface area contributed by atoms with Crippen molar-refractivity contribution in [2.24, 2.45) is 0 Å². The summed E-state index contributed by atoms with van der Waals surface area (Å²) in [6.45, 7) is 7.14. The summed E-state index contributed by atoms with van der Waals surface area (Å²) < 4.78 is 5.25. The summed E-state index contributed by atoms with van der Waals surface area (Å²) >= 11 is 0. The summed E-state index contributed by atoms with van der Waals surface area (Å²) in [5.74, 6) is -0.438. The fraction of sp³-hybridized carbons (Fsp3) is 0.385. The van der Waals surface area contributed by atoms with Crippen molar-refractivity contribution in [1.82, 2.24) is 0 Å². The number of esters is 1. The van der Waals surface area contributed by atoms with E-state index in [1.165, 1.54) is 6.07 Å². The Morgan fingerprint density at radius 2 is 2.00 bits per heavy atom. The first-order valence-electron chi connectivity index (χ1n) is 5.28. The average Bonchev–Trinajstić information content (AvgIpc) is 2.14. The molecule has 0 saturated heterocycles. The topological polar surface area (TPSA) is 76.1 Å². The molecule has 0 spiro atoms. The van der Waals surface area contributed by atoms with Gasteiger partial charge in [0.1, 0.15) is 11.7 Å². The predicted octanol–water partition coefficient (Wildman–Crippen LogP) is 2.40. The number of ether oxygens (including phenoxy) is 1. The highest BCUT2D eigenvalue weighted by Gasteiger charge is 2.20. The first kappa shape index (κ1) is 13.0. The highest BCUT2D eigenvalue weighted by Crippen LogP contribution is 2.20. The van der Waals surface area contributed by atoms with Crippen molar-refractivity contribution in [2.75, 3.05) is 5.73 Å². The van der Waals surface area contributed by atoms with Gasteiger partial charge in [0.2, 0.25) is 0 Å². The summed E-state index contributed by atoms with van der Waals surface area (Å²) in [6.07, 6.45) is 0. The number of anilines is 1. The molecule has 0 aliphatic rings. The van der Waals surface area contributed by atoms with E-state index in [0.29, 0.717) is 16.8 Å². The molecule has 4 nitrogen and oxygen atoms in total. The minimum atomic E-state index is -0.558. The minimum Gasteiger partial charge on any atom is -0.456 e. The van der Waals surface area contributed by atoms with Crippen LogP contribution in [0.2, 0.25) is 0 Å². The Bertz CT molecular complexity index is 493. The number of rotatable bonds is 1. The number of nitrogens with zero attached hydrogens (tertiary/aromatic N) is 1. The minimum absolute atomic E-state index is 0.288. The van der Waals surface area contributed by atoms with Gasteiger partial charge >= 0.3 is 5.97 Å². The molecule has 0 radical (unpaired) electrons. The molecule has 90 valence electrons. The molecular weight excluding hydrogens is 216 g/mol. The van der Waals surface area contributed by atoms with E-state index in [1.807, 2.05) is 6.07 Å². The zero-order chi connectivity index (χ0) is 13.2. The Labute approximate surface area is 101 Å². The molecule has 2 N–H and O–H groups in total. The van der Waals surface area contributed by atoms with Crippen molar-refractivity contribution >= 4 is 11.7 Å². The second-order valence-corrected chi connectivity index (χ2v) is 4.87. The normalized spacial score (nSPS) is 10.8. The molecule has 1 aromatic carbocycles. The molecule has 1 aromatic rings. The zero-order valence-electron chi connectivity index (χ0n) is 10.5. The molecule has 0 aliphatic heterocycles. The number of nitrogen functional groups attached to an aromatic ring is 1. The van der Waals surface area contributed by atoms with Crippen LogP contribution in [0, 0.1) is 18.3 Å². The lowest BCUT2D eigenvalue weighted by atomic mass is 10.0. The molecule has 0 amide bonds. The van der Waals surface area contributed by atoms with E-state index in [2.05, 4.69) is 0 Å². The summed E-state index contributed by atoms with van der Waals surface area (Å²) in [5.41, 5.74) is 6.84. The molecule has 4 heteroatoms. The molecule has 0 fully saturated rings. The number of carbonyl (C=O) groups excluding carboxylic acids is 1. The molecule has 0 atom stereocenters. The van der Waals surface area contributed by atoms with Crippen LogP contribution in [-0.4, -0.2) is 11.6 Å². The van der Waals surface area contributed by atoms with Crippen molar-refractivity contribution in [1.29, 1.82) is 5.26 Å². The molecule has 1 rings (SSSR count). The van der Waals surface area contributed by atoms with Gasteiger partial charge in [-0.05, 0) is 45.4 Å². The largest absolute Gasteiger partial charge is 0.456 e. The van der Waals surface area contributed by atoms with Crippen molar-refractivity contribution in [2.45, 2.75) is 33.3 Å². The highest BCUT2D eigenvalue weighted by atomic mass is 16.6. The van der Waals surface area contributed by atoms with Crippen LogP contribution in [0.15, 0.2) is 12.1 Å². The third-order valence-electron chi connectivity index (χ3n) is 2.14. The summed E-state index contributed by atoms with van der Waals surface area (Å²) in [7, 11) is 0. The van der Waals surface area contributed by atoms with Crippen LogP contribution in [0.5, 0.6) is 0 Å². The Hall–Kier alpha value is -2.02. The molecule has 0 unspecified atom stereocenters. The molecule has 0 aromatic heterocycles. The van der Waals surface area contributed by atoms with Gasteiger partial charge in [-0.3, -0.25) is 0 Å². The van der Waals surface area contributed by atoms with Crippen LogP contribution in [0.25, 0.3) is 0 Å². The first-order chi connectivity index (χ1) is 7.74. The Kier molecular flexibility index (Phi) is 3.42. The fourth-order valence-corrected chi connectivity index (χ4v) is 1.38. The summed E-state index contributed by atoms with van der Waals surface area (Å²) in [4.78, 5) is 11.9. The van der Waals surface area contributed by atoms with E-state index >= 15 is 0 Å². The van der Waals surface area contributed by atoms with Crippen LogP contribution in [-0.2, 0) is 4.74 Å². The number of hydrogen-bond acceptors (Lipinski definition) is 4. The van der Waals surface area contributed by atoms with Crippen molar-refractivity contribution < 1.29 is 9.53 Å². The second kappa shape index (κ2) is 4.46. The summed E-state index contributed by atoms with van der Waals surface area (Å²) in [6, 6.07) is 5.03. The third kappa shape index (κ3) is 3.22. The van der Waals surface area contributed by atoms with Gasteiger partial charge in [-0.25, -0.2) is 4.79 Å². The van der Waals surface area contributed by atoms with Gasteiger partial charge in [-0.15, -0.1) is 0 Å². The molecule has 17 heavy (non-hydrogen) atoms. The van der Waals surface area contributed by atoms with E-state index < -0.39 is 11.6 Å². The highest BCUT2D eigenvalue weighted by molar-refractivity contribution is 5.92. The van der Waals surface area contributed by atoms with Gasteiger partial charge in [0.05, 0.1) is 11.1 Å². The molecule has 0 bridgehead atoms. The number of carbonyl (C=O) groups is 1.